The van der Waals surface area contributed by atoms with Crippen molar-refractivity contribution in [1.29, 1.82) is 0 Å². The fourth-order valence-corrected chi connectivity index (χ4v) is 0.814. The quantitative estimate of drug-likeness (QED) is 0.575. The molecule has 0 atom stereocenters. The number of aryl methyl sites for hydroxylation is 1. The van der Waals surface area contributed by atoms with Gasteiger partial charge in [-0.25, -0.2) is 0 Å². The molecule has 5 heteroatoms. The highest BCUT2D eigenvalue weighted by atomic mass is 16.3. The highest BCUT2D eigenvalue weighted by Gasteiger charge is 2.10. The van der Waals surface area contributed by atoms with Gasteiger partial charge in [-0.05, 0) is 6.07 Å². The summed E-state index contributed by atoms with van der Waals surface area (Å²) in [6.45, 7) is 0. The molecular weight excluding hydrogens is 160 g/mol. The van der Waals surface area contributed by atoms with Crippen molar-refractivity contribution in [1.82, 2.24) is 4.57 Å². The second-order valence-corrected chi connectivity index (χ2v) is 2.36. The van der Waals surface area contributed by atoms with Crippen LogP contribution in [0.15, 0.2) is 17.1 Å². The van der Waals surface area contributed by atoms with Gasteiger partial charge in [-0.3, -0.25) is 9.59 Å². The normalized spacial score (nSPS) is 9.75. The zero-order valence-electron chi connectivity index (χ0n) is 6.44. The highest BCUT2D eigenvalue weighted by Crippen LogP contribution is 2.07. The average molecular weight is 168 g/mol. The van der Waals surface area contributed by atoms with E-state index < -0.39 is 17.2 Å². The van der Waals surface area contributed by atoms with E-state index in [0.717, 1.165) is 4.57 Å². The second-order valence-electron chi connectivity index (χ2n) is 2.36. The number of nitrogens with zero attached hydrogens (tertiary/aromatic N) is 1. The third kappa shape index (κ3) is 1.16. The van der Waals surface area contributed by atoms with Crippen molar-refractivity contribution in [2.75, 3.05) is 0 Å². The minimum atomic E-state index is -0.815. The van der Waals surface area contributed by atoms with E-state index >= 15 is 0 Å². The molecule has 1 heterocycles. The van der Waals surface area contributed by atoms with Crippen LogP contribution in [-0.4, -0.2) is 15.6 Å². The van der Waals surface area contributed by atoms with Gasteiger partial charge in [-0.15, -0.1) is 0 Å². The van der Waals surface area contributed by atoms with E-state index in [1.54, 1.807) is 0 Å². The van der Waals surface area contributed by atoms with Crippen molar-refractivity contribution in [2.45, 2.75) is 0 Å². The Labute approximate surface area is 68.0 Å². The molecule has 0 bridgehead atoms. The third-order valence-electron chi connectivity index (χ3n) is 1.51. The summed E-state index contributed by atoms with van der Waals surface area (Å²) in [5, 5.41) is 9.11. The number of nitrogens with two attached hydrogens (primary N) is 1. The Bertz CT molecular complexity index is 381. The van der Waals surface area contributed by atoms with Gasteiger partial charge in [0.25, 0.3) is 11.5 Å². The Morgan fingerprint density at radius 3 is 2.75 bits per heavy atom. The van der Waals surface area contributed by atoms with Gasteiger partial charge in [0.05, 0.1) is 5.56 Å². The predicted molar refractivity (Wildman–Crippen MR) is 41.9 cm³/mol. The summed E-state index contributed by atoms with van der Waals surface area (Å²) in [5.74, 6) is -1.42. The minimum absolute atomic E-state index is 0.155. The van der Waals surface area contributed by atoms with Crippen LogP contribution in [0.25, 0.3) is 0 Å². The largest absolute Gasteiger partial charge is 0.502 e. The van der Waals surface area contributed by atoms with Crippen LogP contribution in [-0.2, 0) is 7.05 Å². The molecule has 0 saturated heterocycles. The number of hydrogen-bond donors (Lipinski definition) is 2. The number of amides is 1. The maximum absolute atomic E-state index is 11.0. The van der Waals surface area contributed by atoms with Crippen LogP contribution in [0.3, 0.4) is 0 Å². The van der Waals surface area contributed by atoms with Gasteiger partial charge >= 0.3 is 0 Å². The number of aromatic nitrogens is 1. The Hall–Kier alpha value is -1.78. The smallest absolute Gasteiger partial charge is 0.293 e. The molecule has 0 radical (unpaired) electrons. The lowest BCUT2D eigenvalue weighted by Crippen LogP contribution is -2.21. The maximum Gasteiger partial charge on any atom is 0.293 e. The van der Waals surface area contributed by atoms with Gasteiger partial charge in [0.1, 0.15) is 0 Å². The molecule has 1 aromatic rings. The van der Waals surface area contributed by atoms with Gasteiger partial charge < -0.3 is 15.4 Å². The summed E-state index contributed by atoms with van der Waals surface area (Å²) in [6.07, 6.45) is 1.36. The predicted octanol–water partition coefficient (Wildman–Crippen LogP) is -0.810. The van der Waals surface area contributed by atoms with E-state index in [1.165, 1.54) is 19.3 Å². The van der Waals surface area contributed by atoms with Crippen LogP contribution in [0.5, 0.6) is 5.75 Å². The number of rotatable bonds is 1. The van der Waals surface area contributed by atoms with Gasteiger partial charge in [-0.1, -0.05) is 0 Å². The molecule has 1 rings (SSSR count). The molecule has 3 N–H and O–H groups in total. The molecule has 0 aliphatic carbocycles. The molecule has 1 amide bonds. The molecule has 0 aliphatic rings. The lowest BCUT2D eigenvalue weighted by Gasteiger charge is -2.01. The first-order valence-corrected chi connectivity index (χ1v) is 3.22. The van der Waals surface area contributed by atoms with E-state index in [0.29, 0.717) is 0 Å². The minimum Gasteiger partial charge on any atom is -0.502 e. The first kappa shape index (κ1) is 8.32. The molecule has 0 saturated carbocycles. The van der Waals surface area contributed by atoms with Crippen LogP contribution < -0.4 is 11.3 Å². The topological polar surface area (TPSA) is 85.3 Å². The number of primary amides is 1. The standard InChI is InChI=1S/C7H8N2O3/c1-9-3-2-4(6(8)11)5(10)7(9)12/h2-3,10H,1H3,(H2,8,11). The van der Waals surface area contributed by atoms with E-state index in [4.69, 9.17) is 10.8 Å². The molecule has 0 spiro atoms. The summed E-state index contributed by atoms with van der Waals surface area (Å²) in [7, 11) is 1.47. The van der Waals surface area contributed by atoms with Crippen molar-refractivity contribution in [3.05, 3.63) is 28.2 Å². The molecular formula is C7H8N2O3. The fourth-order valence-electron chi connectivity index (χ4n) is 0.814. The van der Waals surface area contributed by atoms with E-state index in [1.807, 2.05) is 0 Å². The summed E-state index contributed by atoms with van der Waals surface area (Å²) < 4.78 is 1.15. The number of carbonyl (C=O) groups excluding carboxylic acids is 1. The number of aromatic hydroxyl groups is 1. The molecule has 0 aromatic carbocycles. The number of hydrogen-bond acceptors (Lipinski definition) is 3. The van der Waals surface area contributed by atoms with Crippen molar-refractivity contribution >= 4 is 5.91 Å². The molecule has 0 unspecified atom stereocenters. The van der Waals surface area contributed by atoms with Crippen LogP contribution in [0.1, 0.15) is 10.4 Å². The Morgan fingerprint density at radius 1 is 1.67 bits per heavy atom. The van der Waals surface area contributed by atoms with Gasteiger partial charge in [-0.2, -0.15) is 0 Å². The van der Waals surface area contributed by atoms with Crippen LogP contribution in [0, 0.1) is 0 Å². The molecule has 0 aliphatic heterocycles. The third-order valence-corrected chi connectivity index (χ3v) is 1.51. The highest BCUT2D eigenvalue weighted by molar-refractivity contribution is 5.95. The Morgan fingerprint density at radius 2 is 2.25 bits per heavy atom. The molecule has 12 heavy (non-hydrogen) atoms. The van der Waals surface area contributed by atoms with Crippen LogP contribution in [0.4, 0.5) is 0 Å². The average Bonchev–Trinajstić information content (AvgIpc) is 2.00. The Kier molecular flexibility index (Phi) is 1.86. The monoisotopic (exact) mass is 168 g/mol. The van der Waals surface area contributed by atoms with Gasteiger partial charge in [0, 0.05) is 13.2 Å². The summed E-state index contributed by atoms with van der Waals surface area (Å²) in [6, 6.07) is 1.29. The van der Waals surface area contributed by atoms with Gasteiger partial charge in [0.15, 0.2) is 5.75 Å². The first-order valence-electron chi connectivity index (χ1n) is 3.22. The molecule has 5 nitrogen and oxygen atoms in total. The van der Waals surface area contributed by atoms with Gasteiger partial charge in [0.2, 0.25) is 0 Å². The molecule has 0 fully saturated rings. The van der Waals surface area contributed by atoms with Crippen LogP contribution >= 0.6 is 0 Å². The van der Waals surface area contributed by atoms with E-state index in [9.17, 15) is 9.59 Å². The second kappa shape index (κ2) is 2.69. The summed E-state index contributed by atoms with van der Waals surface area (Å²) in [5.41, 5.74) is 4.10. The van der Waals surface area contributed by atoms with Crippen molar-refractivity contribution < 1.29 is 9.90 Å². The summed E-state index contributed by atoms with van der Waals surface area (Å²) >= 11 is 0. The lowest BCUT2D eigenvalue weighted by atomic mass is 10.2. The zero-order chi connectivity index (χ0) is 9.30. The van der Waals surface area contributed by atoms with Crippen molar-refractivity contribution in [3.63, 3.8) is 0 Å². The molecule has 64 valence electrons. The number of carbonyl (C=O) groups is 1. The van der Waals surface area contributed by atoms with E-state index in [-0.39, 0.29) is 5.56 Å². The SMILES string of the molecule is Cn1ccc(C(N)=O)c(O)c1=O. The van der Waals surface area contributed by atoms with E-state index in [2.05, 4.69) is 0 Å². The van der Waals surface area contributed by atoms with Crippen LogP contribution in [0.2, 0.25) is 0 Å². The van der Waals surface area contributed by atoms with Crippen molar-refractivity contribution in [3.8, 4) is 5.75 Å². The summed E-state index contributed by atoms with van der Waals surface area (Å²) in [4.78, 5) is 21.6. The Balaban J connectivity index is 3.47. The zero-order valence-corrected chi connectivity index (χ0v) is 6.44. The number of pyridine rings is 1. The first-order chi connectivity index (χ1) is 5.54. The fraction of sp³-hybridized carbons (Fsp3) is 0.143. The molecule has 1 aromatic heterocycles. The maximum atomic E-state index is 11.0. The van der Waals surface area contributed by atoms with Crippen molar-refractivity contribution in [2.24, 2.45) is 12.8 Å². The lowest BCUT2D eigenvalue weighted by molar-refractivity contribution is 0.0997.